The molecule has 1 saturated heterocycles. The fraction of sp³-hybridized carbons (Fsp3) is 0.414. The van der Waals surface area contributed by atoms with E-state index in [9.17, 15) is 41.5 Å². The highest BCUT2D eigenvalue weighted by atomic mass is 19.4. The third-order valence-corrected chi connectivity index (χ3v) is 7.49. The zero-order valence-corrected chi connectivity index (χ0v) is 23.9. The van der Waals surface area contributed by atoms with Gasteiger partial charge in [-0.15, -0.1) is 0 Å². The van der Waals surface area contributed by atoms with Crippen LogP contribution in [0, 0.1) is 5.82 Å². The van der Waals surface area contributed by atoms with E-state index < -0.39 is 60.7 Å². The number of fused-ring (bicyclic) bond motifs is 2. The highest BCUT2D eigenvalue weighted by molar-refractivity contribution is 6.06. The monoisotopic (exact) mass is 621 g/mol. The second-order valence-electron chi connectivity index (χ2n) is 10.4. The van der Waals surface area contributed by atoms with Gasteiger partial charge in [0.2, 0.25) is 17.4 Å². The lowest BCUT2D eigenvalue weighted by atomic mass is 9.94. The molecule has 6 amide bonds. The molecule has 3 N–H and O–H groups in total. The Bertz CT molecular complexity index is 1450. The Morgan fingerprint density at radius 3 is 2.41 bits per heavy atom. The smallest absolute Gasteiger partial charge is 0.418 e. The van der Waals surface area contributed by atoms with Gasteiger partial charge in [0.15, 0.2) is 0 Å². The Hall–Kier alpha value is -4.69. The molecule has 0 saturated carbocycles. The SMILES string of the molecule is CCC(=O)NCCNC(=O)Nc1ccc2c(c1)CC[C@@]21OC(=O)N(CC(=O)N(Cc2ccc(F)cc2)[C@@H](C)C(F)(F)F)C1=O. The van der Waals surface area contributed by atoms with Gasteiger partial charge in [0.25, 0.3) is 5.91 Å². The first kappa shape index (κ1) is 32.2. The lowest BCUT2D eigenvalue weighted by molar-refractivity contribution is -0.187. The van der Waals surface area contributed by atoms with Crippen LogP contribution in [-0.4, -0.2) is 71.5 Å². The van der Waals surface area contributed by atoms with Gasteiger partial charge in [0.05, 0.1) is 0 Å². The summed E-state index contributed by atoms with van der Waals surface area (Å²) in [5, 5.41) is 7.85. The third-order valence-electron chi connectivity index (χ3n) is 7.49. The normalized spacial score (nSPS) is 18.1. The van der Waals surface area contributed by atoms with E-state index in [1.807, 2.05) is 0 Å². The van der Waals surface area contributed by atoms with E-state index in [1.54, 1.807) is 13.0 Å². The lowest BCUT2D eigenvalue weighted by Crippen LogP contribution is -2.51. The fourth-order valence-electron chi connectivity index (χ4n) is 5.04. The van der Waals surface area contributed by atoms with Crippen molar-refractivity contribution in [2.24, 2.45) is 0 Å². The number of amides is 6. The molecule has 1 heterocycles. The topological polar surface area (TPSA) is 137 Å². The van der Waals surface area contributed by atoms with Crippen LogP contribution in [0.4, 0.5) is 32.8 Å². The molecule has 44 heavy (non-hydrogen) atoms. The second kappa shape index (κ2) is 12.9. The van der Waals surface area contributed by atoms with Crippen LogP contribution in [0.1, 0.15) is 43.4 Å². The van der Waals surface area contributed by atoms with E-state index in [1.165, 1.54) is 24.3 Å². The average Bonchev–Trinajstić information content (AvgIpc) is 3.45. The van der Waals surface area contributed by atoms with E-state index >= 15 is 0 Å². The highest BCUT2D eigenvalue weighted by Gasteiger charge is 2.58. The second-order valence-corrected chi connectivity index (χ2v) is 10.4. The summed E-state index contributed by atoms with van der Waals surface area (Å²) < 4.78 is 59.8. The Balaban J connectivity index is 1.45. The number of benzene rings is 2. The van der Waals surface area contributed by atoms with Crippen molar-refractivity contribution in [3.8, 4) is 0 Å². The maximum Gasteiger partial charge on any atom is 0.418 e. The standard InChI is InChI=1S/C29H31F4N5O6/c1-3-23(39)34-12-13-35-26(42)36-21-8-9-22-19(14-21)10-11-28(22)25(41)38(27(43)44-28)16-24(40)37(17(2)29(31,32)33)15-18-4-6-20(30)7-5-18/h4-9,14,17H,3,10-13,15-16H2,1-2H3,(H,34,39)(H2,35,36,42)/t17-,28+/m0/s1. The van der Waals surface area contributed by atoms with E-state index in [4.69, 9.17) is 4.74 Å². The van der Waals surface area contributed by atoms with Crippen molar-refractivity contribution in [2.75, 3.05) is 25.0 Å². The maximum atomic E-state index is 13.7. The first-order chi connectivity index (χ1) is 20.7. The van der Waals surface area contributed by atoms with Gasteiger partial charge in [-0.05, 0) is 48.7 Å². The molecule has 1 fully saturated rings. The van der Waals surface area contributed by atoms with Gasteiger partial charge in [-0.2, -0.15) is 13.2 Å². The number of alkyl halides is 3. The molecule has 1 spiro atoms. The largest absolute Gasteiger partial charge is 0.427 e. The van der Waals surface area contributed by atoms with Crippen LogP contribution in [0.3, 0.4) is 0 Å². The molecule has 2 atom stereocenters. The molecule has 236 valence electrons. The molecule has 1 aliphatic carbocycles. The number of carbonyl (C=O) groups is 5. The van der Waals surface area contributed by atoms with Crippen LogP contribution in [0.15, 0.2) is 42.5 Å². The fourth-order valence-corrected chi connectivity index (χ4v) is 5.04. The quantitative estimate of drug-likeness (QED) is 0.274. The number of nitrogens with one attached hydrogen (secondary N) is 3. The number of nitrogens with zero attached hydrogens (tertiary/aromatic N) is 2. The van der Waals surface area contributed by atoms with Crippen LogP contribution in [0.25, 0.3) is 0 Å². The molecule has 0 aromatic heterocycles. The van der Waals surface area contributed by atoms with Crippen LogP contribution >= 0.6 is 0 Å². The molecule has 15 heteroatoms. The number of urea groups is 1. The minimum Gasteiger partial charge on any atom is -0.427 e. The summed E-state index contributed by atoms with van der Waals surface area (Å²) in [6.45, 7) is 1.38. The van der Waals surface area contributed by atoms with E-state index in [0.29, 0.717) is 33.0 Å². The van der Waals surface area contributed by atoms with Gasteiger partial charge in [-0.3, -0.25) is 14.4 Å². The van der Waals surface area contributed by atoms with Crippen molar-refractivity contribution in [1.82, 2.24) is 20.4 Å². The number of halogens is 4. The molecule has 0 unspecified atom stereocenters. The molecule has 11 nitrogen and oxygen atoms in total. The van der Waals surface area contributed by atoms with Gasteiger partial charge in [-0.1, -0.05) is 25.1 Å². The third kappa shape index (κ3) is 6.92. The molecule has 0 radical (unpaired) electrons. The number of hydrogen-bond donors (Lipinski definition) is 3. The minimum absolute atomic E-state index is 0.0304. The van der Waals surface area contributed by atoms with Crippen molar-refractivity contribution in [3.05, 3.63) is 65.0 Å². The molecular formula is C29H31F4N5O6. The molecule has 1 aliphatic heterocycles. The zero-order chi connectivity index (χ0) is 32.2. The highest BCUT2D eigenvalue weighted by Crippen LogP contribution is 2.46. The number of ether oxygens (including phenoxy) is 1. The van der Waals surface area contributed by atoms with E-state index in [-0.39, 0.29) is 37.4 Å². The van der Waals surface area contributed by atoms with Crippen molar-refractivity contribution < 1.29 is 46.3 Å². The summed E-state index contributed by atoms with van der Waals surface area (Å²) in [6, 6.07) is 6.35. The number of carbonyl (C=O) groups excluding carboxylic acids is 5. The summed E-state index contributed by atoms with van der Waals surface area (Å²) in [4.78, 5) is 64.0. The summed E-state index contributed by atoms with van der Waals surface area (Å²) in [6.07, 6.45) is -5.36. The number of rotatable bonds is 10. The van der Waals surface area contributed by atoms with Crippen LogP contribution in [0.2, 0.25) is 0 Å². The molecular weight excluding hydrogens is 590 g/mol. The van der Waals surface area contributed by atoms with Crippen molar-refractivity contribution >= 4 is 35.5 Å². The van der Waals surface area contributed by atoms with E-state index in [2.05, 4.69) is 16.0 Å². The number of hydrogen-bond acceptors (Lipinski definition) is 6. The lowest BCUT2D eigenvalue weighted by Gasteiger charge is -2.31. The van der Waals surface area contributed by atoms with Gasteiger partial charge < -0.3 is 25.6 Å². The molecule has 2 aromatic rings. The van der Waals surface area contributed by atoms with Crippen LogP contribution in [0.5, 0.6) is 0 Å². The number of imide groups is 1. The van der Waals surface area contributed by atoms with Crippen molar-refractivity contribution in [1.29, 1.82) is 0 Å². The predicted octanol–water partition coefficient (Wildman–Crippen LogP) is 3.57. The zero-order valence-electron chi connectivity index (χ0n) is 23.9. The Morgan fingerprint density at radius 1 is 1.07 bits per heavy atom. The Morgan fingerprint density at radius 2 is 1.75 bits per heavy atom. The predicted molar refractivity (Wildman–Crippen MR) is 147 cm³/mol. The summed E-state index contributed by atoms with van der Waals surface area (Å²) in [5.74, 6) is -2.80. The maximum absolute atomic E-state index is 13.7. The summed E-state index contributed by atoms with van der Waals surface area (Å²) >= 11 is 0. The molecule has 2 aromatic carbocycles. The summed E-state index contributed by atoms with van der Waals surface area (Å²) in [5.41, 5.74) is -0.226. The van der Waals surface area contributed by atoms with Crippen LogP contribution in [-0.2, 0) is 37.7 Å². The first-order valence-corrected chi connectivity index (χ1v) is 13.9. The van der Waals surface area contributed by atoms with Crippen molar-refractivity contribution in [3.63, 3.8) is 0 Å². The number of aryl methyl sites for hydroxylation is 1. The Labute approximate surface area is 249 Å². The molecule has 4 rings (SSSR count). The number of anilines is 1. The average molecular weight is 622 g/mol. The minimum atomic E-state index is -4.82. The van der Waals surface area contributed by atoms with Gasteiger partial charge in [0.1, 0.15) is 18.4 Å². The summed E-state index contributed by atoms with van der Waals surface area (Å²) in [7, 11) is 0. The van der Waals surface area contributed by atoms with Crippen molar-refractivity contribution in [2.45, 2.75) is 57.5 Å². The molecule has 2 aliphatic rings. The van der Waals surface area contributed by atoms with Gasteiger partial charge in [-0.25, -0.2) is 18.9 Å². The molecule has 0 bridgehead atoms. The first-order valence-electron chi connectivity index (χ1n) is 13.9. The van der Waals surface area contributed by atoms with Crippen LogP contribution < -0.4 is 16.0 Å². The van der Waals surface area contributed by atoms with Gasteiger partial charge >= 0.3 is 18.3 Å². The van der Waals surface area contributed by atoms with Gasteiger partial charge in [0, 0.05) is 43.7 Å². The Kier molecular flexibility index (Phi) is 9.44. The van der Waals surface area contributed by atoms with E-state index in [0.717, 1.165) is 19.1 Å².